The van der Waals surface area contributed by atoms with E-state index in [1.165, 1.54) is 48.4 Å². The first kappa shape index (κ1) is 23.3. The predicted octanol–water partition coefficient (Wildman–Crippen LogP) is 2.63. The lowest BCUT2D eigenvalue weighted by molar-refractivity contribution is -0.116. The number of methoxy groups -OCH3 is 1. The van der Waals surface area contributed by atoms with Crippen molar-refractivity contribution in [2.24, 2.45) is 0 Å². The van der Waals surface area contributed by atoms with E-state index in [1.807, 2.05) is 6.92 Å². The molecule has 3 amide bonds. The van der Waals surface area contributed by atoms with Crippen LogP contribution in [0.25, 0.3) is 0 Å². The minimum atomic E-state index is -4.24. The topological polar surface area (TPSA) is 113 Å². The van der Waals surface area contributed by atoms with Crippen molar-refractivity contribution in [2.45, 2.75) is 24.7 Å². The number of amides is 3. The molecule has 0 bridgehead atoms. The molecule has 0 radical (unpaired) electrons. The summed E-state index contributed by atoms with van der Waals surface area (Å²) in [5, 5.41) is 2.57. The molecular formula is C22H25N3O6S. The maximum atomic E-state index is 13.2. The normalized spacial score (nSPS) is 13.5. The Kier molecular flexibility index (Phi) is 7.14. The zero-order valence-corrected chi connectivity index (χ0v) is 18.7. The summed E-state index contributed by atoms with van der Waals surface area (Å²) in [4.78, 5) is 38.6. The number of urea groups is 1. The summed E-state index contributed by atoms with van der Waals surface area (Å²) in [6, 6.07) is 11.3. The standard InChI is InChI=1S/C22H25N3O6S/c1-16-5-11-19(12-6-16)32(29,30)25(22(28)24-13-3-4-14-24)15-20(26)23-18-9-7-17(8-10-18)21(27)31-2/h5-12H,3-4,13-15H2,1-2H3,(H,23,26). The highest BCUT2D eigenvalue weighted by molar-refractivity contribution is 7.89. The highest BCUT2D eigenvalue weighted by atomic mass is 32.2. The Hall–Kier alpha value is -3.40. The lowest BCUT2D eigenvalue weighted by Crippen LogP contribution is -2.48. The van der Waals surface area contributed by atoms with Gasteiger partial charge < -0.3 is 15.0 Å². The number of carbonyl (C=O) groups is 3. The van der Waals surface area contributed by atoms with Gasteiger partial charge in [-0.1, -0.05) is 17.7 Å². The van der Waals surface area contributed by atoms with E-state index >= 15 is 0 Å². The van der Waals surface area contributed by atoms with Crippen LogP contribution in [0.5, 0.6) is 0 Å². The number of aryl methyl sites for hydroxylation is 1. The summed E-state index contributed by atoms with van der Waals surface area (Å²) < 4.78 is 31.7. The third-order valence-electron chi connectivity index (χ3n) is 5.08. The molecule has 1 saturated heterocycles. The van der Waals surface area contributed by atoms with Gasteiger partial charge in [-0.2, -0.15) is 0 Å². The molecule has 0 spiro atoms. The fraction of sp³-hybridized carbons (Fsp3) is 0.318. The van der Waals surface area contributed by atoms with E-state index in [4.69, 9.17) is 0 Å². The molecule has 9 nitrogen and oxygen atoms in total. The summed E-state index contributed by atoms with van der Waals surface area (Å²) in [7, 11) is -2.98. The lowest BCUT2D eigenvalue weighted by Gasteiger charge is -2.27. The Labute approximate surface area is 187 Å². The van der Waals surface area contributed by atoms with E-state index < -0.39 is 34.5 Å². The largest absolute Gasteiger partial charge is 0.465 e. The number of likely N-dealkylation sites (tertiary alicyclic amines) is 1. The number of nitrogens with one attached hydrogen (secondary N) is 1. The Bertz CT molecular complexity index is 1090. The molecule has 2 aromatic carbocycles. The van der Waals surface area contributed by atoms with E-state index in [0.717, 1.165) is 18.4 Å². The zero-order valence-electron chi connectivity index (χ0n) is 17.9. The van der Waals surface area contributed by atoms with Crippen LogP contribution < -0.4 is 5.32 Å². The van der Waals surface area contributed by atoms with Gasteiger partial charge in [0.15, 0.2) is 0 Å². The molecule has 0 aromatic heterocycles. The number of ether oxygens (including phenoxy) is 1. The molecule has 1 aliphatic heterocycles. The molecule has 0 atom stereocenters. The number of anilines is 1. The number of benzene rings is 2. The third-order valence-corrected chi connectivity index (χ3v) is 6.81. The predicted molar refractivity (Wildman–Crippen MR) is 118 cm³/mol. The van der Waals surface area contributed by atoms with Crippen LogP contribution in [-0.4, -0.2) is 62.3 Å². The van der Waals surface area contributed by atoms with Gasteiger partial charge in [-0.05, 0) is 56.2 Å². The number of carbonyl (C=O) groups excluding carboxylic acids is 3. The smallest absolute Gasteiger partial charge is 0.337 e. The molecule has 3 rings (SSSR count). The Morgan fingerprint density at radius 2 is 1.59 bits per heavy atom. The van der Waals surface area contributed by atoms with Crippen LogP contribution in [-0.2, 0) is 19.6 Å². The van der Waals surface area contributed by atoms with E-state index in [2.05, 4.69) is 10.1 Å². The van der Waals surface area contributed by atoms with Crippen molar-refractivity contribution in [3.63, 3.8) is 0 Å². The second-order valence-electron chi connectivity index (χ2n) is 7.42. The van der Waals surface area contributed by atoms with Crippen molar-refractivity contribution in [3.8, 4) is 0 Å². The van der Waals surface area contributed by atoms with Gasteiger partial charge in [0.05, 0.1) is 17.6 Å². The first-order valence-electron chi connectivity index (χ1n) is 10.1. The molecule has 0 saturated carbocycles. The molecule has 10 heteroatoms. The lowest BCUT2D eigenvalue weighted by atomic mass is 10.2. The maximum absolute atomic E-state index is 13.2. The molecule has 1 aliphatic rings. The first-order valence-corrected chi connectivity index (χ1v) is 11.5. The second kappa shape index (κ2) is 9.82. The van der Waals surface area contributed by atoms with Crippen LogP contribution in [0.15, 0.2) is 53.4 Å². The average Bonchev–Trinajstić information content (AvgIpc) is 3.32. The van der Waals surface area contributed by atoms with E-state index in [1.54, 1.807) is 12.1 Å². The molecule has 1 fully saturated rings. The third kappa shape index (κ3) is 5.25. The summed E-state index contributed by atoms with van der Waals surface area (Å²) in [6.07, 6.45) is 1.56. The van der Waals surface area contributed by atoms with Crippen LogP contribution in [0.1, 0.15) is 28.8 Å². The fourth-order valence-corrected chi connectivity index (χ4v) is 4.64. The molecular weight excluding hydrogens is 434 g/mol. The van der Waals surface area contributed by atoms with Gasteiger partial charge in [-0.3, -0.25) is 4.79 Å². The van der Waals surface area contributed by atoms with Crippen LogP contribution in [0.3, 0.4) is 0 Å². The second-order valence-corrected chi connectivity index (χ2v) is 9.28. The molecule has 0 aliphatic carbocycles. The van der Waals surface area contributed by atoms with Crippen molar-refractivity contribution < 1.29 is 27.5 Å². The van der Waals surface area contributed by atoms with Gasteiger partial charge in [0.1, 0.15) is 6.54 Å². The molecule has 0 unspecified atom stereocenters. The average molecular weight is 460 g/mol. The molecule has 170 valence electrons. The monoisotopic (exact) mass is 459 g/mol. The Balaban J connectivity index is 1.81. The minimum Gasteiger partial charge on any atom is -0.465 e. The number of hydrogen-bond donors (Lipinski definition) is 1. The van der Waals surface area contributed by atoms with E-state index in [9.17, 15) is 22.8 Å². The van der Waals surface area contributed by atoms with Gasteiger partial charge in [-0.25, -0.2) is 22.3 Å². The van der Waals surface area contributed by atoms with Gasteiger partial charge in [0.25, 0.3) is 10.0 Å². The maximum Gasteiger partial charge on any atom is 0.337 e. The molecule has 32 heavy (non-hydrogen) atoms. The number of nitrogens with zero attached hydrogens (tertiary/aromatic N) is 2. The van der Waals surface area contributed by atoms with Crippen LogP contribution >= 0.6 is 0 Å². The first-order chi connectivity index (χ1) is 15.2. The Morgan fingerprint density at radius 3 is 2.16 bits per heavy atom. The number of rotatable bonds is 6. The molecule has 2 aromatic rings. The van der Waals surface area contributed by atoms with Crippen molar-refractivity contribution in [3.05, 3.63) is 59.7 Å². The van der Waals surface area contributed by atoms with E-state index in [-0.39, 0.29) is 4.90 Å². The van der Waals surface area contributed by atoms with Gasteiger partial charge >= 0.3 is 12.0 Å². The quantitative estimate of drug-likeness (QED) is 0.665. The van der Waals surface area contributed by atoms with Crippen molar-refractivity contribution in [2.75, 3.05) is 32.1 Å². The molecule has 1 heterocycles. The number of sulfonamides is 1. The van der Waals surface area contributed by atoms with Crippen molar-refractivity contribution in [1.29, 1.82) is 0 Å². The van der Waals surface area contributed by atoms with E-state index in [0.29, 0.717) is 28.6 Å². The van der Waals surface area contributed by atoms with Gasteiger partial charge in [0, 0.05) is 18.8 Å². The van der Waals surface area contributed by atoms with Gasteiger partial charge in [0.2, 0.25) is 5.91 Å². The number of esters is 1. The molecule has 1 N–H and O–H groups in total. The summed E-state index contributed by atoms with van der Waals surface area (Å²) in [6.45, 7) is 2.03. The zero-order chi connectivity index (χ0) is 23.3. The highest BCUT2D eigenvalue weighted by Gasteiger charge is 2.35. The fourth-order valence-electron chi connectivity index (χ4n) is 3.30. The van der Waals surface area contributed by atoms with Gasteiger partial charge in [-0.15, -0.1) is 0 Å². The summed E-state index contributed by atoms with van der Waals surface area (Å²) in [5.41, 5.74) is 1.52. The summed E-state index contributed by atoms with van der Waals surface area (Å²) in [5.74, 6) is -1.20. The van der Waals surface area contributed by atoms with Crippen LogP contribution in [0, 0.1) is 6.92 Å². The summed E-state index contributed by atoms with van der Waals surface area (Å²) >= 11 is 0. The van der Waals surface area contributed by atoms with Crippen LogP contribution in [0.2, 0.25) is 0 Å². The minimum absolute atomic E-state index is 0.0640. The number of hydrogen-bond acceptors (Lipinski definition) is 6. The van der Waals surface area contributed by atoms with Crippen LogP contribution in [0.4, 0.5) is 10.5 Å². The Morgan fingerprint density at radius 1 is 1.00 bits per heavy atom. The van der Waals surface area contributed by atoms with Crippen molar-refractivity contribution in [1.82, 2.24) is 9.21 Å². The van der Waals surface area contributed by atoms with Crippen molar-refractivity contribution >= 4 is 33.6 Å². The SMILES string of the molecule is COC(=O)c1ccc(NC(=O)CN(C(=O)N2CCCC2)S(=O)(=O)c2ccc(C)cc2)cc1. The highest BCUT2D eigenvalue weighted by Crippen LogP contribution is 2.21.